The van der Waals surface area contributed by atoms with E-state index >= 15 is 0 Å². The highest BCUT2D eigenvalue weighted by molar-refractivity contribution is 5.78. The minimum atomic E-state index is 0.247. The van der Waals surface area contributed by atoms with Crippen LogP contribution in [-0.4, -0.2) is 12.5 Å². The van der Waals surface area contributed by atoms with Crippen LogP contribution in [0.5, 0.6) is 0 Å². The van der Waals surface area contributed by atoms with Crippen molar-refractivity contribution < 1.29 is 4.79 Å². The van der Waals surface area contributed by atoms with Gasteiger partial charge in [-0.1, -0.05) is 117 Å². The molecule has 0 spiro atoms. The van der Waals surface area contributed by atoms with E-state index in [-0.39, 0.29) is 5.92 Å². The lowest BCUT2D eigenvalue weighted by Crippen LogP contribution is -2.31. The summed E-state index contributed by atoms with van der Waals surface area (Å²) in [6, 6.07) is 0. The molecule has 0 aliphatic heterocycles. The van der Waals surface area contributed by atoms with Crippen molar-refractivity contribution >= 4 is 5.91 Å². The molecule has 0 saturated heterocycles. The predicted molar refractivity (Wildman–Crippen MR) is 117 cm³/mol. The van der Waals surface area contributed by atoms with Crippen LogP contribution in [0.4, 0.5) is 0 Å². The van der Waals surface area contributed by atoms with Gasteiger partial charge in [0.1, 0.15) is 0 Å². The first-order chi connectivity index (χ1) is 12.8. The Morgan fingerprint density at radius 3 is 1.35 bits per heavy atom. The standard InChI is InChI=1S/C24H49NO/c1-4-7-8-9-10-11-12-13-14-15-16-17-18-19-22-25-24(26)23(20-5-2)21-6-3/h23H,4-22H2,1-3H3,(H,25,26). The Hall–Kier alpha value is -0.530. The van der Waals surface area contributed by atoms with Gasteiger partial charge in [-0.15, -0.1) is 0 Å². The van der Waals surface area contributed by atoms with Crippen LogP contribution in [0.15, 0.2) is 0 Å². The number of hydrogen-bond acceptors (Lipinski definition) is 1. The highest BCUT2D eigenvalue weighted by Crippen LogP contribution is 2.14. The summed E-state index contributed by atoms with van der Waals surface area (Å²) in [5.74, 6) is 0.542. The molecular formula is C24H49NO. The van der Waals surface area contributed by atoms with Gasteiger partial charge in [0, 0.05) is 12.5 Å². The van der Waals surface area contributed by atoms with Gasteiger partial charge in [0.25, 0.3) is 0 Å². The first kappa shape index (κ1) is 25.5. The summed E-state index contributed by atoms with van der Waals surface area (Å²) in [5.41, 5.74) is 0. The van der Waals surface area contributed by atoms with Crippen molar-refractivity contribution in [3.05, 3.63) is 0 Å². The van der Waals surface area contributed by atoms with Crippen LogP contribution < -0.4 is 5.32 Å². The Kier molecular flexibility index (Phi) is 20.4. The molecule has 0 radical (unpaired) electrons. The zero-order chi connectivity index (χ0) is 19.3. The molecular weight excluding hydrogens is 318 g/mol. The minimum absolute atomic E-state index is 0.247. The third-order valence-electron chi connectivity index (χ3n) is 5.47. The number of nitrogens with one attached hydrogen (secondary N) is 1. The second kappa shape index (κ2) is 20.8. The number of hydrogen-bond donors (Lipinski definition) is 1. The second-order valence-corrected chi connectivity index (χ2v) is 8.16. The van der Waals surface area contributed by atoms with E-state index in [0.717, 1.165) is 38.6 Å². The van der Waals surface area contributed by atoms with E-state index in [1.54, 1.807) is 0 Å². The average Bonchev–Trinajstić information content (AvgIpc) is 2.64. The molecule has 0 fully saturated rings. The van der Waals surface area contributed by atoms with E-state index in [1.807, 2.05) is 0 Å². The predicted octanol–water partition coefficient (Wildman–Crippen LogP) is 7.80. The molecule has 26 heavy (non-hydrogen) atoms. The zero-order valence-corrected chi connectivity index (χ0v) is 18.4. The van der Waals surface area contributed by atoms with Crippen LogP contribution >= 0.6 is 0 Å². The summed E-state index contributed by atoms with van der Waals surface area (Å²) >= 11 is 0. The van der Waals surface area contributed by atoms with E-state index in [1.165, 1.54) is 83.5 Å². The van der Waals surface area contributed by atoms with E-state index in [9.17, 15) is 4.79 Å². The van der Waals surface area contributed by atoms with Crippen LogP contribution in [0.2, 0.25) is 0 Å². The summed E-state index contributed by atoms with van der Waals surface area (Å²) < 4.78 is 0. The molecule has 0 aromatic heterocycles. The summed E-state index contributed by atoms with van der Waals surface area (Å²) in [6.45, 7) is 7.50. The van der Waals surface area contributed by atoms with E-state index < -0.39 is 0 Å². The van der Waals surface area contributed by atoms with Crippen molar-refractivity contribution in [1.82, 2.24) is 5.32 Å². The van der Waals surface area contributed by atoms with E-state index in [2.05, 4.69) is 26.1 Å². The molecule has 0 bridgehead atoms. The van der Waals surface area contributed by atoms with Crippen LogP contribution in [0, 0.1) is 5.92 Å². The van der Waals surface area contributed by atoms with Crippen LogP contribution in [0.3, 0.4) is 0 Å². The van der Waals surface area contributed by atoms with Gasteiger partial charge in [-0.05, 0) is 19.3 Å². The Bertz CT molecular complexity index is 284. The highest BCUT2D eigenvalue weighted by Gasteiger charge is 2.15. The van der Waals surface area contributed by atoms with Crippen molar-refractivity contribution in [2.24, 2.45) is 5.92 Å². The largest absolute Gasteiger partial charge is 0.356 e. The molecule has 0 aromatic rings. The lowest BCUT2D eigenvalue weighted by molar-refractivity contribution is -0.125. The Labute approximate surface area is 165 Å². The summed E-state index contributed by atoms with van der Waals surface area (Å²) in [6.07, 6.45) is 23.7. The Balaban J connectivity index is 3.29. The molecule has 2 nitrogen and oxygen atoms in total. The van der Waals surface area contributed by atoms with E-state index in [0.29, 0.717) is 5.91 Å². The second-order valence-electron chi connectivity index (χ2n) is 8.16. The number of unbranched alkanes of at least 4 members (excludes halogenated alkanes) is 13. The number of carbonyl (C=O) groups excluding carboxylic acids is 1. The minimum Gasteiger partial charge on any atom is -0.356 e. The molecule has 0 saturated carbocycles. The lowest BCUT2D eigenvalue weighted by atomic mass is 9.97. The van der Waals surface area contributed by atoms with Gasteiger partial charge in [-0.25, -0.2) is 0 Å². The van der Waals surface area contributed by atoms with Crippen LogP contribution in [0.25, 0.3) is 0 Å². The van der Waals surface area contributed by atoms with Crippen molar-refractivity contribution in [1.29, 1.82) is 0 Å². The molecule has 1 N–H and O–H groups in total. The molecule has 0 aliphatic rings. The summed E-state index contributed by atoms with van der Waals surface area (Å²) in [7, 11) is 0. The van der Waals surface area contributed by atoms with Gasteiger partial charge in [0.15, 0.2) is 0 Å². The topological polar surface area (TPSA) is 29.1 Å². The van der Waals surface area contributed by atoms with Crippen molar-refractivity contribution in [2.45, 2.75) is 136 Å². The van der Waals surface area contributed by atoms with Gasteiger partial charge < -0.3 is 5.32 Å². The first-order valence-corrected chi connectivity index (χ1v) is 12.0. The number of rotatable bonds is 20. The smallest absolute Gasteiger partial charge is 0.223 e. The lowest BCUT2D eigenvalue weighted by Gasteiger charge is -2.15. The van der Waals surface area contributed by atoms with Crippen molar-refractivity contribution in [2.75, 3.05) is 6.54 Å². The van der Waals surface area contributed by atoms with Gasteiger partial charge in [-0.2, -0.15) is 0 Å². The van der Waals surface area contributed by atoms with Gasteiger partial charge in [-0.3, -0.25) is 4.79 Å². The van der Waals surface area contributed by atoms with Gasteiger partial charge in [0.05, 0.1) is 0 Å². The molecule has 0 rings (SSSR count). The molecule has 0 heterocycles. The van der Waals surface area contributed by atoms with Gasteiger partial charge in [0.2, 0.25) is 5.91 Å². The molecule has 1 amide bonds. The summed E-state index contributed by atoms with van der Waals surface area (Å²) in [5, 5.41) is 3.16. The maximum Gasteiger partial charge on any atom is 0.223 e. The summed E-state index contributed by atoms with van der Waals surface area (Å²) in [4.78, 5) is 12.1. The fraction of sp³-hybridized carbons (Fsp3) is 0.958. The number of carbonyl (C=O) groups is 1. The maximum absolute atomic E-state index is 12.1. The quantitative estimate of drug-likeness (QED) is 0.218. The zero-order valence-electron chi connectivity index (χ0n) is 18.4. The molecule has 0 unspecified atom stereocenters. The fourth-order valence-corrected chi connectivity index (χ4v) is 3.78. The van der Waals surface area contributed by atoms with Gasteiger partial charge >= 0.3 is 0 Å². The first-order valence-electron chi connectivity index (χ1n) is 12.0. The van der Waals surface area contributed by atoms with Crippen LogP contribution in [0.1, 0.15) is 136 Å². The normalized spacial score (nSPS) is 11.2. The molecule has 0 aromatic carbocycles. The SMILES string of the molecule is CCCCCCCCCCCCCCCCNC(=O)C(CCC)CCC. The maximum atomic E-state index is 12.1. The Morgan fingerprint density at radius 1 is 0.577 bits per heavy atom. The van der Waals surface area contributed by atoms with Crippen LogP contribution in [-0.2, 0) is 4.79 Å². The average molecular weight is 368 g/mol. The van der Waals surface area contributed by atoms with E-state index in [4.69, 9.17) is 0 Å². The third kappa shape index (κ3) is 16.9. The fourth-order valence-electron chi connectivity index (χ4n) is 3.78. The molecule has 0 aliphatic carbocycles. The van der Waals surface area contributed by atoms with Crippen molar-refractivity contribution in [3.63, 3.8) is 0 Å². The highest BCUT2D eigenvalue weighted by atomic mass is 16.1. The molecule has 0 atom stereocenters. The third-order valence-corrected chi connectivity index (χ3v) is 5.47. The monoisotopic (exact) mass is 367 g/mol. The molecule has 156 valence electrons. The van der Waals surface area contributed by atoms with Crippen molar-refractivity contribution in [3.8, 4) is 0 Å². The molecule has 2 heteroatoms. The Morgan fingerprint density at radius 2 is 0.962 bits per heavy atom. The number of amides is 1.